The van der Waals surface area contributed by atoms with Gasteiger partial charge in [-0.25, -0.2) is 8.42 Å². The lowest BCUT2D eigenvalue weighted by molar-refractivity contribution is 0.0749. The number of aliphatic hydroxyl groups is 1. The van der Waals surface area contributed by atoms with Gasteiger partial charge in [0.05, 0.1) is 29.7 Å². The fourth-order valence-electron chi connectivity index (χ4n) is 4.04. The highest BCUT2D eigenvalue weighted by atomic mass is 32.2. The molecule has 2 aromatic carbocycles. The summed E-state index contributed by atoms with van der Waals surface area (Å²) in [5.74, 6) is 0.877. The van der Waals surface area contributed by atoms with E-state index in [-0.39, 0.29) is 10.8 Å². The minimum absolute atomic E-state index is 0.122. The van der Waals surface area contributed by atoms with E-state index in [9.17, 15) is 13.5 Å². The Balaban J connectivity index is 1.75. The summed E-state index contributed by atoms with van der Waals surface area (Å²) in [6.07, 6.45) is -0.597. The number of benzene rings is 2. The summed E-state index contributed by atoms with van der Waals surface area (Å²) in [6, 6.07) is 15.6. The molecule has 30 heavy (non-hydrogen) atoms. The van der Waals surface area contributed by atoms with Crippen molar-refractivity contribution in [1.29, 1.82) is 0 Å². The second-order valence-corrected chi connectivity index (χ2v) is 9.94. The Morgan fingerprint density at radius 3 is 2.63 bits per heavy atom. The molecule has 1 aliphatic rings. The predicted octanol–water partition coefficient (Wildman–Crippen LogP) is 3.55. The van der Waals surface area contributed by atoms with Crippen LogP contribution in [0.25, 0.3) is 10.9 Å². The zero-order valence-corrected chi connectivity index (χ0v) is 18.1. The topological polar surface area (TPSA) is 79.7 Å². The van der Waals surface area contributed by atoms with Crippen molar-refractivity contribution in [1.82, 2.24) is 9.29 Å². The number of fused-ring (bicyclic) bond motifs is 2. The summed E-state index contributed by atoms with van der Waals surface area (Å²) < 4.78 is 33.4. The summed E-state index contributed by atoms with van der Waals surface area (Å²) in [7, 11) is -2.08. The van der Waals surface area contributed by atoms with Crippen LogP contribution in [-0.4, -0.2) is 42.5 Å². The van der Waals surface area contributed by atoms with E-state index in [0.717, 1.165) is 22.3 Å². The Morgan fingerprint density at radius 1 is 1.13 bits per heavy atom. The minimum Gasteiger partial charge on any atom is -0.497 e. The molecule has 7 heteroatoms. The van der Waals surface area contributed by atoms with Gasteiger partial charge in [-0.3, -0.25) is 4.98 Å². The lowest BCUT2D eigenvalue weighted by atomic mass is 9.96. The molecule has 3 aromatic rings. The fourth-order valence-corrected chi connectivity index (χ4v) is 6.07. The van der Waals surface area contributed by atoms with E-state index in [0.29, 0.717) is 18.5 Å². The predicted molar refractivity (Wildman–Crippen MR) is 116 cm³/mol. The Morgan fingerprint density at radius 2 is 1.90 bits per heavy atom. The van der Waals surface area contributed by atoms with Gasteiger partial charge in [-0.2, -0.15) is 4.31 Å². The molecule has 2 heterocycles. The normalized spacial score (nSPS) is 21.0. The van der Waals surface area contributed by atoms with Gasteiger partial charge in [-0.15, -0.1) is 0 Å². The molecule has 1 aliphatic heterocycles. The third kappa shape index (κ3) is 3.69. The molecule has 6 nitrogen and oxygen atoms in total. The number of aromatic nitrogens is 1. The van der Waals surface area contributed by atoms with Crippen LogP contribution in [0, 0.1) is 5.92 Å². The number of nitrogens with zero attached hydrogens (tertiary/aromatic N) is 2. The first kappa shape index (κ1) is 20.8. The number of rotatable bonds is 5. The van der Waals surface area contributed by atoms with Gasteiger partial charge in [0.15, 0.2) is 0 Å². The van der Waals surface area contributed by atoms with E-state index in [4.69, 9.17) is 9.72 Å². The maximum absolute atomic E-state index is 13.3. The average molecular weight is 427 g/mol. The molecule has 2 atom stereocenters. The van der Waals surface area contributed by atoms with Crippen molar-refractivity contribution >= 4 is 20.9 Å². The van der Waals surface area contributed by atoms with Gasteiger partial charge >= 0.3 is 0 Å². The minimum atomic E-state index is -3.70. The van der Waals surface area contributed by atoms with Gasteiger partial charge in [-0.05, 0) is 36.2 Å². The molecule has 0 bridgehead atoms. The number of hydrogen-bond acceptors (Lipinski definition) is 5. The largest absolute Gasteiger partial charge is 0.497 e. The van der Waals surface area contributed by atoms with E-state index in [1.165, 1.54) is 4.31 Å². The number of methoxy groups -OCH3 is 1. The van der Waals surface area contributed by atoms with Gasteiger partial charge in [0.1, 0.15) is 5.75 Å². The van der Waals surface area contributed by atoms with Crippen LogP contribution >= 0.6 is 0 Å². The van der Waals surface area contributed by atoms with E-state index >= 15 is 0 Å². The average Bonchev–Trinajstić information content (AvgIpc) is 2.74. The quantitative estimate of drug-likeness (QED) is 0.675. The smallest absolute Gasteiger partial charge is 0.243 e. The molecule has 0 saturated carbocycles. The van der Waals surface area contributed by atoms with Crippen molar-refractivity contribution < 1.29 is 18.3 Å². The molecule has 1 N–H and O–H groups in total. The van der Waals surface area contributed by atoms with Gasteiger partial charge in [0, 0.05) is 29.6 Å². The molecular weight excluding hydrogens is 400 g/mol. The number of aliphatic hydroxyl groups excluding tert-OH is 1. The molecule has 1 aromatic heterocycles. The van der Waals surface area contributed by atoms with Crippen LogP contribution in [0.15, 0.2) is 59.5 Å². The van der Waals surface area contributed by atoms with Crippen LogP contribution in [0.4, 0.5) is 0 Å². The van der Waals surface area contributed by atoms with Crippen LogP contribution < -0.4 is 4.74 Å². The molecule has 0 fully saturated rings. The number of ether oxygens (including phenoxy) is 1. The SMILES string of the molecule is COc1ccc2nc(CC3C(O)c4ccccc4S(=O)(=O)N3CC(C)C)ccc2c1. The van der Waals surface area contributed by atoms with Crippen molar-refractivity contribution in [2.24, 2.45) is 5.92 Å². The lowest BCUT2D eigenvalue weighted by Crippen LogP contribution is -2.50. The highest BCUT2D eigenvalue weighted by Gasteiger charge is 2.43. The van der Waals surface area contributed by atoms with E-state index in [1.54, 1.807) is 31.4 Å². The number of pyridine rings is 1. The molecule has 0 spiro atoms. The van der Waals surface area contributed by atoms with Crippen molar-refractivity contribution in [2.45, 2.75) is 37.3 Å². The van der Waals surface area contributed by atoms with Gasteiger partial charge in [0.2, 0.25) is 10.0 Å². The molecule has 4 rings (SSSR count). The van der Waals surface area contributed by atoms with Crippen LogP contribution in [0.2, 0.25) is 0 Å². The second kappa shape index (κ2) is 7.98. The zero-order chi connectivity index (χ0) is 21.5. The zero-order valence-electron chi connectivity index (χ0n) is 17.3. The standard InChI is InChI=1S/C23H26N2O4S/c1-15(2)14-25-21(23(26)19-6-4-5-7-22(19)30(25,27)28)13-17-9-8-16-12-18(29-3)10-11-20(16)24-17/h4-12,15,21,23,26H,13-14H2,1-3H3. The molecule has 0 saturated heterocycles. The molecular formula is C23H26N2O4S. The molecule has 2 unspecified atom stereocenters. The van der Waals surface area contributed by atoms with Gasteiger partial charge < -0.3 is 9.84 Å². The molecule has 0 amide bonds. The summed E-state index contributed by atoms with van der Waals surface area (Å²) in [5.41, 5.74) is 1.99. The van der Waals surface area contributed by atoms with Crippen molar-refractivity contribution in [3.05, 3.63) is 65.9 Å². The van der Waals surface area contributed by atoms with Crippen LogP contribution in [0.3, 0.4) is 0 Å². The second-order valence-electron chi connectivity index (χ2n) is 8.08. The fraction of sp³-hybridized carbons (Fsp3) is 0.348. The van der Waals surface area contributed by atoms with E-state index in [1.807, 2.05) is 44.2 Å². The van der Waals surface area contributed by atoms with Crippen molar-refractivity contribution in [2.75, 3.05) is 13.7 Å². The van der Waals surface area contributed by atoms with E-state index < -0.39 is 22.2 Å². The third-order valence-electron chi connectivity index (χ3n) is 5.48. The van der Waals surface area contributed by atoms with Crippen LogP contribution in [0.5, 0.6) is 5.75 Å². The molecule has 0 aliphatic carbocycles. The van der Waals surface area contributed by atoms with Gasteiger partial charge in [-0.1, -0.05) is 38.1 Å². The first-order chi connectivity index (χ1) is 14.3. The van der Waals surface area contributed by atoms with Crippen LogP contribution in [0.1, 0.15) is 31.2 Å². The maximum Gasteiger partial charge on any atom is 0.243 e. The Bertz CT molecular complexity index is 1180. The molecule has 158 valence electrons. The summed E-state index contributed by atoms with van der Waals surface area (Å²) >= 11 is 0. The first-order valence-corrected chi connectivity index (χ1v) is 11.5. The lowest BCUT2D eigenvalue weighted by Gasteiger charge is -2.40. The Labute approximate surface area is 177 Å². The molecule has 0 radical (unpaired) electrons. The van der Waals surface area contributed by atoms with Crippen molar-refractivity contribution in [3.63, 3.8) is 0 Å². The summed E-state index contributed by atoms with van der Waals surface area (Å²) in [4.78, 5) is 4.90. The third-order valence-corrected chi connectivity index (χ3v) is 7.44. The monoisotopic (exact) mass is 426 g/mol. The van der Waals surface area contributed by atoms with Crippen molar-refractivity contribution in [3.8, 4) is 5.75 Å². The maximum atomic E-state index is 13.3. The Hall–Kier alpha value is -2.48. The van der Waals surface area contributed by atoms with E-state index in [2.05, 4.69) is 0 Å². The van der Waals surface area contributed by atoms with Crippen LogP contribution in [-0.2, 0) is 16.4 Å². The number of hydrogen-bond donors (Lipinski definition) is 1. The van der Waals surface area contributed by atoms with Gasteiger partial charge in [0.25, 0.3) is 0 Å². The first-order valence-electron chi connectivity index (χ1n) is 10.0. The summed E-state index contributed by atoms with van der Waals surface area (Å²) in [5, 5.41) is 12.1. The Kier molecular flexibility index (Phi) is 5.53. The number of sulfonamides is 1. The highest BCUT2D eigenvalue weighted by Crippen LogP contribution is 2.38. The summed E-state index contributed by atoms with van der Waals surface area (Å²) in [6.45, 7) is 4.28. The highest BCUT2D eigenvalue weighted by molar-refractivity contribution is 7.89.